The van der Waals surface area contributed by atoms with Gasteiger partial charge in [-0.05, 0) is 12.8 Å². The van der Waals surface area contributed by atoms with E-state index in [2.05, 4.69) is 4.90 Å². The highest BCUT2D eigenvalue weighted by molar-refractivity contribution is 7.19. The summed E-state index contributed by atoms with van der Waals surface area (Å²) in [7, 11) is 1.56. The number of nitrogens with zero attached hydrogens (tertiary/aromatic N) is 1. The van der Waals surface area contributed by atoms with Gasteiger partial charge in [-0.1, -0.05) is 0 Å². The lowest BCUT2D eigenvalue weighted by atomic mass is 10.3. The van der Waals surface area contributed by atoms with Crippen LogP contribution in [0.15, 0.2) is 0 Å². The maximum Gasteiger partial charge on any atom is 0.261 e. The molecule has 88 valence electrons. The Labute approximate surface area is 98.0 Å². The van der Waals surface area contributed by atoms with Crippen LogP contribution in [0.4, 0.5) is 10.7 Å². The number of carbonyl (C=O) groups excluding carboxylic acids is 1. The number of anilines is 2. The second-order valence-corrected chi connectivity index (χ2v) is 4.74. The average molecular weight is 241 g/mol. The van der Waals surface area contributed by atoms with Gasteiger partial charge < -0.3 is 21.1 Å². The lowest BCUT2D eigenvalue weighted by Crippen LogP contribution is -2.16. The van der Waals surface area contributed by atoms with Gasteiger partial charge in [-0.25, -0.2) is 0 Å². The summed E-state index contributed by atoms with van der Waals surface area (Å²) < 4.78 is 5.26. The molecule has 0 saturated carbocycles. The third kappa shape index (κ3) is 1.69. The van der Waals surface area contributed by atoms with Crippen LogP contribution in [-0.2, 0) is 0 Å². The fourth-order valence-electron chi connectivity index (χ4n) is 1.92. The first-order valence-electron chi connectivity index (χ1n) is 5.16. The Bertz CT molecular complexity index is 410. The van der Waals surface area contributed by atoms with Crippen molar-refractivity contribution in [3.8, 4) is 5.75 Å². The Hall–Kier alpha value is -1.43. The van der Waals surface area contributed by atoms with Crippen LogP contribution in [0.25, 0.3) is 0 Å². The monoisotopic (exact) mass is 241 g/mol. The minimum Gasteiger partial charge on any atom is -0.492 e. The van der Waals surface area contributed by atoms with E-state index >= 15 is 0 Å². The van der Waals surface area contributed by atoms with Gasteiger partial charge in [0.15, 0.2) is 5.75 Å². The zero-order valence-corrected chi connectivity index (χ0v) is 9.97. The molecule has 4 N–H and O–H groups in total. The summed E-state index contributed by atoms with van der Waals surface area (Å²) in [6.45, 7) is 1.96. The van der Waals surface area contributed by atoms with Gasteiger partial charge in [0, 0.05) is 13.1 Å². The summed E-state index contributed by atoms with van der Waals surface area (Å²) in [5, 5.41) is 0.923. The van der Waals surface area contributed by atoms with E-state index in [1.807, 2.05) is 0 Å². The van der Waals surface area contributed by atoms with Crippen molar-refractivity contribution < 1.29 is 9.53 Å². The molecule has 0 bridgehead atoms. The molecule has 0 aromatic carbocycles. The molecule has 6 heteroatoms. The van der Waals surface area contributed by atoms with Crippen molar-refractivity contribution in [3.05, 3.63) is 4.88 Å². The van der Waals surface area contributed by atoms with Crippen LogP contribution in [0, 0.1) is 0 Å². The van der Waals surface area contributed by atoms with E-state index in [0.29, 0.717) is 16.3 Å². The van der Waals surface area contributed by atoms with Crippen molar-refractivity contribution in [3.63, 3.8) is 0 Å². The van der Waals surface area contributed by atoms with Gasteiger partial charge in [-0.3, -0.25) is 4.79 Å². The zero-order valence-electron chi connectivity index (χ0n) is 9.16. The second-order valence-electron chi connectivity index (χ2n) is 3.74. The Morgan fingerprint density at radius 1 is 1.44 bits per heavy atom. The van der Waals surface area contributed by atoms with Crippen molar-refractivity contribution in [2.75, 3.05) is 30.8 Å². The van der Waals surface area contributed by atoms with Crippen molar-refractivity contribution in [1.29, 1.82) is 0 Å². The van der Waals surface area contributed by atoms with Gasteiger partial charge in [0.2, 0.25) is 0 Å². The first-order chi connectivity index (χ1) is 7.65. The van der Waals surface area contributed by atoms with E-state index in [0.717, 1.165) is 30.9 Å². The summed E-state index contributed by atoms with van der Waals surface area (Å²) in [5.41, 5.74) is 11.5. The number of hydrogen-bond donors (Lipinski definition) is 2. The van der Waals surface area contributed by atoms with Gasteiger partial charge in [0.05, 0.1) is 7.11 Å². The molecule has 1 aromatic rings. The van der Waals surface area contributed by atoms with Crippen molar-refractivity contribution in [2.24, 2.45) is 5.73 Å². The van der Waals surface area contributed by atoms with Crippen molar-refractivity contribution in [1.82, 2.24) is 0 Å². The first kappa shape index (κ1) is 11.1. The van der Waals surface area contributed by atoms with Crippen LogP contribution in [-0.4, -0.2) is 26.1 Å². The summed E-state index contributed by atoms with van der Waals surface area (Å²) >= 11 is 1.32. The minimum atomic E-state index is -0.494. The number of nitrogen functional groups attached to an aromatic ring is 1. The van der Waals surface area contributed by atoms with Crippen LogP contribution in [0.5, 0.6) is 5.75 Å². The Morgan fingerprint density at radius 2 is 2.06 bits per heavy atom. The lowest BCUT2D eigenvalue weighted by Gasteiger charge is -2.16. The van der Waals surface area contributed by atoms with E-state index in [1.54, 1.807) is 7.11 Å². The predicted octanol–water partition coefficient (Wildman–Crippen LogP) is 1.04. The largest absolute Gasteiger partial charge is 0.492 e. The van der Waals surface area contributed by atoms with E-state index in [4.69, 9.17) is 16.2 Å². The molecule has 1 saturated heterocycles. The summed E-state index contributed by atoms with van der Waals surface area (Å²) in [5.74, 6) is 0.0898. The van der Waals surface area contributed by atoms with Gasteiger partial charge in [0.25, 0.3) is 5.91 Å². The number of amides is 1. The van der Waals surface area contributed by atoms with Crippen molar-refractivity contribution >= 4 is 27.9 Å². The van der Waals surface area contributed by atoms with Crippen molar-refractivity contribution in [2.45, 2.75) is 12.8 Å². The smallest absolute Gasteiger partial charge is 0.261 e. The van der Waals surface area contributed by atoms with E-state index in [9.17, 15) is 4.79 Å². The molecule has 1 aliphatic rings. The van der Waals surface area contributed by atoms with E-state index in [-0.39, 0.29) is 0 Å². The van der Waals surface area contributed by atoms with Crippen LogP contribution in [0.2, 0.25) is 0 Å². The average Bonchev–Trinajstić information content (AvgIpc) is 2.83. The SMILES string of the molecule is COc1c(N2CCCC2)sc(C(N)=O)c1N. The molecule has 0 unspecified atom stereocenters. The third-order valence-corrected chi connectivity index (χ3v) is 3.97. The Morgan fingerprint density at radius 3 is 2.56 bits per heavy atom. The highest BCUT2D eigenvalue weighted by atomic mass is 32.1. The normalized spacial score (nSPS) is 15.4. The molecule has 1 fully saturated rings. The zero-order chi connectivity index (χ0) is 11.7. The van der Waals surface area contributed by atoms with Crippen LogP contribution >= 0.6 is 11.3 Å². The summed E-state index contributed by atoms with van der Waals surface area (Å²) in [4.78, 5) is 13.8. The number of carbonyl (C=O) groups is 1. The van der Waals surface area contributed by atoms with Gasteiger partial charge in [0.1, 0.15) is 15.6 Å². The molecule has 1 aliphatic heterocycles. The first-order valence-corrected chi connectivity index (χ1v) is 5.97. The van der Waals surface area contributed by atoms with Crippen LogP contribution in [0.1, 0.15) is 22.5 Å². The molecule has 16 heavy (non-hydrogen) atoms. The molecule has 2 heterocycles. The lowest BCUT2D eigenvalue weighted by molar-refractivity contribution is 0.100. The number of methoxy groups -OCH3 is 1. The maximum absolute atomic E-state index is 11.2. The minimum absolute atomic E-state index is 0.363. The maximum atomic E-state index is 11.2. The van der Waals surface area contributed by atoms with Crippen LogP contribution < -0.4 is 21.1 Å². The molecular formula is C10H15N3O2S. The van der Waals surface area contributed by atoms with E-state index < -0.39 is 5.91 Å². The molecule has 5 nitrogen and oxygen atoms in total. The number of thiophene rings is 1. The summed E-state index contributed by atoms with van der Waals surface area (Å²) in [6.07, 6.45) is 2.32. The fourth-order valence-corrected chi connectivity index (χ4v) is 3.02. The standard InChI is InChI=1S/C10H15N3O2S/c1-15-7-6(11)8(9(12)14)16-10(7)13-4-2-3-5-13/h2-5,11H2,1H3,(H2,12,14). The number of nitrogens with two attached hydrogens (primary N) is 2. The Kier molecular flexibility index (Phi) is 2.91. The van der Waals surface area contributed by atoms with E-state index in [1.165, 1.54) is 11.3 Å². The number of rotatable bonds is 3. The number of hydrogen-bond acceptors (Lipinski definition) is 5. The quantitative estimate of drug-likeness (QED) is 0.828. The molecule has 0 spiro atoms. The number of ether oxygens (including phenoxy) is 1. The topological polar surface area (TPSA) is 81.6 Å². The summed E-state index contributed by atoms with van der Waals surface area (Å²) in [6, 6.07) is 0. The third-order valence-electron chi connectivity index (χ3n) is 2.70. The molecule has 0 radical (unpaired) electrons. The fraction of sp³-hybridized carbons (Fsp3) is 0.500. The predicted molar refractivity (Wildman–Crippen MR) is 65.2 cm³/mol. The molecular weight excluding hydrogens is 226 g/mol. The van der Waals surface area contributed by atoms with Gasteiger partial charge in [-0.2, -0.15) is 0 Å². The van der Waals surface area contributed by atoms with Gasteiger partial charge in [-0.15, -0.1) is 11.3 Å². The second kappa shape index (κ2) is 4.21. The molecule has 2 rings (SSSR count). The Balaban J connectivity index is 2.43. The molecule has 0 aliphatic carbocycles. The molecule has 0 atom stereocenters. The van der Waals surface area contributed by atoms with Gasteiger partial charge >= 0.3 is 0 Å². The highest BCUT2D eigenvalue weighted by Crippen LogP contribution is 2.45. The highest BCUT2D eigenvalue weighted by Gasteiger charge is 2.25. The molecule has 1 amide bonds. The molecule has 1 aromatic heterocycles. The van der Waals surface area contributed by atoms with Crippen LogP contribution in [0.3, 0.4) is 0 Å². The number of primary amides is 1.